The summed E-state index contributed by atoms with van der Waals surface area (Å²) in [6, 6.07) is 25.4. The van der Waals surface area contributed by atoms with E-state index < -0.39 is 23.5 Å². The lowest BCUT2D eigenvalue weighted by Crippen LogP contribution is -2.52. The van der Waals surface area contributed by atoms with Crippen LogP contribution in [0.2, 0.25) is 0 Å². The van der Waals surface area contributed by atoms with E-state index in [-0.39, 0.29) is 13.2 Å². The molecule has 1 aliphatic heterocycles. The van der Waals surface area contributed by atoms with E-state index in [4.69, 9.17) is 9.15 Å². The highest BCUT2D eigenvalue weighted by Gasteiger charge is 2.33. The molecule has 2 heterocycles. The smallest absolute Gasteiger partial charge is 0.336 e. The Labute approximate surface area is 234 Å². The lowest BCUT2D eigenvalue weighted by Gasteiger charge is -2.29. The molecule has 0 bridgehead atoms. The van der Waals surface area contributed by atoms with Crippen LogP contribution in [0.4, 0.5) is 5.69 Å². The van der Waals surface area contributed by atoms with Gasteiger partial charge in [0.25, 0.3) is 11.8 Å². The predicted octanol–water partition coefficient (Wildman–Crippen LogP) is 4.41. The van der Waals surface area contributed by atoms with Crippen LogP contribution >= 0.6 is 0 Å². The molecule has 0 saturated carbocycles. The van der Waals surface area contributed by atoms with Crippen molar-refractivity contribution in [2.24, 2.45) is 0 Å². The fraction of sp³-hybridized carbons (Fsp3) is 0.156. The maximum Gasteiger partial charge on any atom is 0.336 e. The number of hydrogen-bond acceptors (Lipinski definition) is 8. The third-order valence-electron chi connectivity index (χ3n) is 7.08. The number of imide groups is 1. The second kappa shape index (κ2) is 10.9. The van der Waals surface area contributed by atoms with Crippen LogP contribution in [-0.2, 0) is 6.54 Å². The molecule has 1 aromatic heterocycles. The molecule has 3 N–H and O–H groups in total. The highest BCUT2D eigenvalue weighted by molar-refractivity contribution is 6.26. The first-order valence-electron chi connectivity index (χ1n) is 13.2. The number of ether oxygens (including phenoxy) is 1. The zero-order valence-electron chi connectivity index (χ0n) is 22.2. The van der Waals surface area contributed by atoms with Crippen LogP contribution in [0.15, 0.2) is 94.1 Å². The Hall–Kier alpha value is -4.99. The molecule has 9 heteroatoms. The molecule has 0 saturated heterocycles. The summed E-state index contributed by atoms with van der Waals surface area (Å²) in [5.41, 5.74) is 6.23. The van der Waals surface area contributed by atoms with Crippen molar-refractivity contribution in [2.45, 2.75) is 19.6 Å². The summed E-state index contributed by atoms with van der Waals surface area (Å²) >= 11 is 0. The number of aryl methyl sites for hydroxylation is 1. The summed E-state index contributed by atoms with van der Waals surface area (Å²) in [6.45, 7) is 2.19. The van der Waals surface area contributed by atoms with Gasteiger partial charge in [-0.1, -0.05) is 42.5 Å². The molecule has 206 valence electrons. The van der Waals surface area contributed by atoms with Crippen LogP contribution in [0.3, 0.4) is 0 Å². The van der Waals surface area contributed by atoms with Crippen molar-refractivity contribution in [2.75, 3.05) is 18.5 Å². The van der Waals surface area contributed by atoms with Gasteiger partial charge >= 0.3 is 5.63 Å². The molecular formula is C32H27N3O6. The van der Waals surface area contributed by atoms with Gasteiger partial charge in [0.1, 0.15) is 24.0 Å². The van der Waals surface area contributed by atoms with Crippen molar-refractivity contribution >= 4 is 39.2 Å². The van der Waals surface area contributed by atoms with E-state index in [0.717, 1.165) is 32.6 Å². The number of nitrogens with one attached hydrogen (secondary N) is 2. The Bertz CT molecular complexity index is 1830. The van der Waals surface area contributed by atoms with E-state index in [1.165, 1.54) is 6.07 Å². The summed E-state index contributed by atoms with van der Waals surface area (Å²) in [4.78, 5) is 38.4. The highest BCUT2D eigenvalue weighted by atomic mass is 16.5. The zero-order valence-corrected chi connectivity index (χ0v) is 22.2. The standard InChI is InChI=1S/C32H27N3O6/c1-19-14-29(37)41-28-15-22(10-11-23(19)28)40-18-21(36)17-34-35-31(38)25-9-5-8-24-27(13-12-26(30(24)25)32(35)39)33-16-20-6-3-2-4-7-20/h2-15,21,33-34,36H,16-18H2,1H3. The monoisotopic (exact) mass is 549 g/mol. The first-order valence-corrected chi connectivity index (χ1v) is 13.2. The maximum atomic E-state index is 13.3. The van der Waals surface area contributed by atoms with E-state index in [2.05, 4.69) is 10.7 Å². The molecule has 0 radical (unpaired) electrons. The second-order valence-electron chi connectivity index (χ2n) is 9.91. The van der Waals surface area contributed by atoms with Crippen molar-refractivity contribution in [1.82, 2.24) is 10.4 Å². The van der Waals surface area contributed by atoms with Crippen LogP contribution in [0.5, 0.6) is 5.75 Å². The molecular weight excluding hydrogens is 522 g/mol. The summed E-state index contributed by atoms with van der Waals surface area (Å²) in [5, 5.41) is 17.0. The molecule has 0 fully saturated rings. The number of aliphatic hydroxyl groups excluding tert-OH is 1. The molecule has 4 aromatic carbocycles. The van der Waals surface area contributed by atoms with E-state index >= 15 is 0 Å². The summed E-state index contributed by atoms with van der Waals surface area (Å²) in [7, 11) is 0. The van der Waals surface area contributed by atoms with E-state index in [1.807, 2.05) is 49.4 Å². The van der Waals surface area contributed by atoms with Gasteiger partial charge in [-0.25, -0.2) is 15.2 Å². The number of fused-ring (bicyclic) bond motifs is 1. The molecule has 41 heavy (non-hydrogen) atoms. The number of aliphatic hydroxyl groups is 1. The van der Waals surface area contributed by atoms with Gasteiger partial charge in [-0.2, -0.15) is 0 Å². The molecule has 2 amide bonds. The van der Waals surface area contributed by atoms with Crippen LogP contribution in [0.25, 0.3) is 21.7 Å². The van der Waals surface area contributed by atoms with Gasteiger partial charge in [-0.15, -0.1) is 0 Å². The normalized spacial score (nSPS) is 13.6. The SMILES string of the molecule is Cc1cc(=O)oc2cc(OCC(O)CNN3C(=O)c4cccc5c(NCc6ccccc6)ccc(c45)C3=O)ccc12. The van der Waals surface area contributed by atoms with Crippen molar-refractivity contribution in [3.8, 4) is 5.75 Å². The zero-order chi connectivity index (χ0) is 28.5. The van der Waals surface area contributed by atoms with Gasteiger partial charge in [0, 0.05) is 47.1 Å². The highest BCUT2D eigenvalue weighted by Crippen LogP contribution is 2.34. The predicted molar refractivity (Wildman–Crippen MR) is 155 cm³/mol. The van der Waals surface area contributed by atoms with Gasteiger partial charge in [0.2, 0.25) is 0 Å². The Morgan fingerprint density at radius 1 is 0.878 bits per heavy atom. The number of benzene rings is 4. The molecule has 1 atom stereocenters. The fourth-order valence-electron chi connectivity index (χ4n) is 5.03. The molecule has 6 rings (SSSR count). The first kappa shape index (κ1) is 26.2. The lowest BCUT2D eigenvalue weighted by molar-refractivity contribution is 0.0433. The lowest BCUT2D eigenvalue weighted by atomic mass is 9.93. The van der Waals surface area contributed by atoms with Crippen LogP contribution in [-0.4, -0.2) is 41.2 Å². The topological polar surface area (TPSA) is 121 Å². The molecule has 0 spiro atoms. The molecule has 0 aliphatic carbocycles. The second-order valence-corrected chi connectivity index (χ2v) is 9.91. The quantitative estimate of drug-likeness (QED) is 0.183. The minimum absolute atomic E-state index is 0.110. The number of nitrogens with zero attached hydrogens (tertiary/aromatic N) is 1. The number of hydrogen-bond donors (Lipinski definition) is 3. The van der Waals surface area contributed by atoms with Gasteiger partial charge in [-0.3, -0.25) is 9.59 Å². The van der Waals surface area contributed by atoms with E-state index in [1.54, 1.807) is 36.4 Å². The summed E-state index contributed by atoms with van der Waals surface area (Å²) < 4.78 is 10.9. The Morgan fingerprint density at radius 3 is 2.46 bits per heavy atom. The average Bonchev–Trinajstić information content (AvgIpc) is 2.98. The number of carbonyl (C=O) groups excluding carboxylic acids is 2. The van der Waals surface area contributed by atoms with Gasteiger partial charge < -0.3 is 19.6 Å². The number of hydrazine groups is 1. The van der Waals surface area contributed by atoms with Crippen LogP contribution in [0.1, 0.15) is 31.8 Å². The number of carbonyl (C=O) groups is 2. The van der Waals surface area contributed by atoms with Crippen LogP contribution < -0.4 is 21.1 Å². The third kappa shape index (κ3) is 5.16. The van der Waals surface area contributed by atoms with Gasteiger partial charge in [-0.05, 0) is 48.4 Å². The Morgan fingerprint density at radius 2 is 1.66 bits per heavy atom. The summed E-state index contributed by atoms with van der Waals surface area (Å²) in [6.07, 6.45) is -1.04. The fourth-order valence-corrected chi connectivity index (χ4v) is 5.03. The number of amides is 2. The average molecular weight is 550 g/mol. The van der Waals surface area contributed by atoms with E-state index in [0.29, 0.717) is 34.4 Å². The Kier molecular flexibility index (Phi) is 6.96. The minimum atomic E-state index is -1.04. The van der Waals surface area contributed by atoms with Gasteiger partial charge in [0.15, 0.2) is 0 Å². The minimum Gasteiger partial charge on any atom is -0.491 e. The first-order chi connectivity index (χ1) is 19.9. The van der Waals surface area contributed by atoms with E-state index in [9.17, 15) is 19.5 Å². The number of rotatable bonds is 9. The van der Waals surface area contributed by atoms with Gasteiger partial charge in [0.05, 0.1) is 11.1 Å². The van der Waals surface area contributed by atoms with Crippen molar-refractivity contribution in [3.63, 3.8) is 0 Å². The summed E-state index contributed by atoms with van der Waals surface area (Å²) in [5.74, 6) is -0.588. The van der Waals surface area contributed by atoms with Crippen LogP contribution in [0, 0.1) is 6.92 Å². The number of anilines is 1. The van der Waals surface area contributed by atoms with Crippen molar-refractivity contribution in [1.29, 1.82) is 0 Å². The largest absolute Gasteiger partial charge is 0.491 e. The molecule has 1 unspecified atom stereocenters. The van der Waals surface area contributed by atoms with Crippen molar-refractivity contribution in [3.05, 3.63) is 118 Å². The van der Waals surface area contributed by atoms with Crippen molar-refractivity contribution < 1.29 is 23.8 Å². The molecule has 1 aliphatic rings. The Balaban J connectivity index is 1.13. The third-order valence-corrected chi connectivity index (χ3v) is 7.08. The molecule has 9 nitrogen and oxygen atoms in total. The molecule has 5 aromatic rings. The maximum absolute atomic E-state index is 13.3.